The van der Waals surface area contributed by atoms with Crippen LogP contribution in [0.5, 0.6) is 5.75 Å². The number of carbonyl (C=O) groups excluding carboxylic acids is 2. The Labute approximate surface area is 188 Å². The Morgan fingerprint density at radius 2 is 1.81 bits per heavy atom. The monoisotopic (exact) mass is 435 g/mol. The summed E-state index contributed by atoms with van der Waals surface area (Å²) < 4.78 is 12.7. The lowest BCUT2D eigenvalue weighted by molar-refractivity contribution is -0.124. The van der Waals surface area contributed by atoms with E-state index in [-0.39, 0.29) is 6.61 Å². The Hall–Kier alpha value is -3.61. The number of hydrogen-bond acceptors (Lipinski definition) is 5. The number of aryl methyl sites for hydroxylation is 1. The van der Waals surface area contributed by atoms with E-state index in [1.54, 1.807) is 30.5 Å². The van der Waals surface area contributed by atoms with E-state index in [1.165, 1.54) is 0 Å². The molecule has 0 radical (unpaired) electrons. The fourth-order valence-corrected chi connectivity index (χ4v) is 3.24. The van der Waals surface area contributed by atoms with E-state index in [9.17, 15) is 9.59 Å². The maximum absolute atomic E-state index is 12.5. The van der Waals surface area contributed by atoms with E-state index < -0.39 is 17.9 Å². The molecule has 0 spiro atoms. The number of unbranched alkanes of at least 4 members (excludes halogenated alkanes) is 2. The molecule has 1 unspecified atom stereocenters. The molecule has 7 heteroatoms. The molecule has 0 aliphatic carbocycles. The number of carbonyl (C=O) groups is 2. The molecule has 1 amide bonds. The molecule has 7 nitrogen and oxygen atoms in total. The van der Waals surface area contributed by atoms with Gasteiger partial charge in [0.2, 0.25) is 0 Å². The lowest BCUT2D eigenvalue weighted by Gasteiger charge is -2.19. The number of benzene rings is 2. The number of nitrogens with one attached hydrogen (secondary N) is 1. The summed E-state index contributed by atoms with van der Waals surface area (Å²) in [5.41, 5.74) is 1.25. The van der Waals surface area contributed by atoms with Gasteiger partial charge in [-0.25, -0.2) is 9.78 Å². The zero-order chi connectivity index (χ0) is 22.8. The molecular weight excluding hydrogens is 406 g/mol. The minimum Gasteiger partial charge on any atom is -0.494 e. The van der Waals surface area contributed by atoms with Gasteiger partial charge in [0.05, 0.1) is 12.2 Å². The first kappa shape index (κ1) is 23.1. The van der Waals surface area contributed by atoms with Gasteiger partial charge in [0.15, 0.2) is 6.61 Å². The first-order valence-corrected chi connectivity index (χ1v) is 10.8. The number of ether oxygens (including phenoxy) is 2. The zero-order valence-corrected chi connectivity index (χ0v) is 18.5. The minimum atomic E-state index is -0.564. The van der Waals surface area contributed by atoms with Crippen LogP contribution in [0.4, 0.5) is 0 Å². The van der Waals surface area contributed by atoms with Crippen molar-refractivity contribution in [3.8, 4) is 5.75 Å². The number of esters is 1. The largest absolute Gasteiger partial charge is 0.494 e. The maximum atomic E-state index is 12.5. The first-order chi connectivity index (χ1) is 15.6. The predicted octanol–water partition coefficient (Wildman–Crippen LogP) is 4.05. The Bertz CT molecular complexity index is 1000. The Morgan fingerprint density at radius 1 is 1.06 bits per heavy atom. The molecule has 32 heavy (non-hydrogen) atoms. The Morgan fingerprint density at radius 3 is 2.47 bits per heavy atom. The van der Waals surface area contributed by atoms with Gasteiger partial charge in [-0.15, -0.1) is 0 Å². The second-order valence-corrected chi connectivity index (χ2v) is 7.46. The SMILES string of the molecule is CCCCCOc1ccc(C(=O)OCC(=O)NC(c2ccccc2)c2nccn2C)cc1. The molecule has 0 saturated heterocycles. The number of aromatic nitrogens is 2. The predicted molar refractivity (Wildman–Crippen MR) is 121 cm³/mol. The number of imidazole rings is 1. The Balaban J connectivity index is 1.55. The van der Waals surface area contributed by atoms with Crippen LogP contribution in [0.1, 0.15) is 54.0 Å². The molecule has 1 heterocycles. The summed E-state index contributed by atoms with van der Waals surface area (Å²) in [6.07, 6.45) is 6.74. The van der Waals surface area contributed by atoms with E-state index in [4.69, 9.17) is 9.47 Å². The number of hydrogen-bond donors (Lipinski definition) is 1. The van der Waals surface area contributed by atoms with Gasteiger partial charge in [0.25, 0.3) is 5.91 Å². The van der Waals surface area contributed by atoms with Crippen molar-refractivity contribution < 1.29 is 19.1 Å². The van der Waals surface area contributed by atoms with Crippen molar-refractivity contribution in [1.82, 2.24) is 14.9 Å². The highest BCUT2D eigenvalue weighted by Crippen LogP contribution is 2.20. The summed E-state index contributed by atoms with van der Waals surface area (Å²) in [5, 5.41) is 2.91. The molecule has 0 aliphatic heterocycles. The molecule has 2 aromatic carbocycles. The van der Waals surface area contributed by atoms with Gasteiger partial charge >= 0.3 is 5.97 Å². The van der Waals surface area contributed by atoms with Crippen LogP contribution in [0.3, 0.4) is 0 Å². The van der Waals surface area contributed by atoms with Gasteiger partial charge in [-0.2, -0.15) is 0 Å². The van der Waals surface area contributed by atoms with Crippen molar-refractivity contribution in [2.75, 3.05) is 13.2 Å². The molecule has 1 aromatic heterocycles. The molecule has 0 bridgehead atoms. The van der Waals surface area contributed by atoms with Crippen LogP contribution in [0.15, 0.2) is 67.0 Å². The molecule has 3 aromatic rings. The van der Waals surface area contributed by atoms with Crippen molar-refractivity contribution in [2.45, 2.75) is 32.2 Å². The van der Waals surface area contributed by atoms with Crippen molar-refractivity contribution in [3.05, 3.63) is 83.9 Å². The lowest BCUT2D eigenvalue weighted by atomic mass is 10.1. The average molecular weight is 436 g/mol. The van der Waals surface area contributed by atoms with Gasteiger partial charge in [0, 0.05) is 19.4 Å². The topological polar surface area (TPSA) is 82.4 Å². The molecule has 0 fully saturated rings. The first-order valence-electron chi connectivity index (χ1n) is 10.8. The van der Waals surface area contributed by atoms with Crippen LogP contribution in [0.25, 0.3) is 0 Å². The molecule has 1 N–H and O–H groups in total. The molecule has 3 rings (SSSR count). The van der Waals surface area contributed by atoms with Crippen molar-refractivity contribution in [3.63, 3.8) is 0 Å². The smallest absolute Gasteiger partial charge is 0.338 e. The fraction of sp³-hybridized carbons (Fsp3) is 0.320. The van der Waals surface area contributed by atoms with Gasteiger partial charge in [-0.1, -0.05) is 50.1 Å². The lowest BCUT2D eigenvalue weighted by Crippen LogP contribution is -2.34. The zero-order valence-electron chi connectivity index (χ0n) is 18.5. The number of nitrogens with zero attached hydrogens (tertiary/aromatic N) is 2. The molecule has 1 atom stereocenters. The third-order valence-electron chi connectivity index (χ3n) is 5.00. The van der Waals surface area contributed by atoms with Crippen molar-refractivity contribution in [1.29, 1.82) is 0 Å². The van der Waals surface area contributed by atoms with E-state index >= 15 is 0 Å². The van der Waals surface area contributed by atoms with Crippen LogP contribution in [0.2, 0.25) is 0 Å². The highest BCUT2D eigenvalue weighted by atomic mass is 16.5. The van der Waals surface area contributed by atoms with Gasteiger partial charge in [-0.05, 0) is 36.2 Å². The van der Waals surface area contributed by atoms with E-state index in [2.05, 4.69) is 17.2 Å². The van der Waals surface area contributed by atoms with Gasteiger partial charge in [-0.3, -0.25) is 4.79 Å². The van der Waals surface area contributed by atoms with Crippen molar-refractivity contribution in [2.24, 2.45) is 7.05 Å². The van der Waals surface area contributed by atoms with Crippen molar-refractivity contribution >= 4 is 11.9 Å². The van der Waals surface area contributed by atoms with E-state index in [0.29, 0.717) is 23.7 Å². The normalized spacial score (nSPS) is 11.6. The van der Waals surface area contributed by atoms with E-state index in [1.807, 2.05) is 48.1 Å². The van der Waals surface area contributed by atoms with E-state index in [0.717, 1.165) is 24.8 Å². The quantitative estimate of drug-likeness (QED) is 0.363. The second kappa shape index (κ2) is 11.7. The summed E-state index contributed by atoms with van der Waals surface area (Å²) in [6.45, 7) is 2.40. The van der Waals surface area contributed by atoms with Crippen LogP contribution >= 0.6 is 0 Å². The third kappa shape index (κ3) is 6.44. The maximum Gasteiger partial charge on any atom is 0.338 e. The molecular formula is C25H29N3O4. The van der Waals surface area contributed by atoms with Crippen LogP contribution < -0.4 is 10.1 Å². The highest BCUT2D eigenvalue weighted by Gasteiger charge is 2.21. The fourth-order valence-electron chi connectivity index (χ4n) is 3.24. The summed E-state index contributed by atoms with van der Waals surface area (Å²) in [5.74, 6) is 0.415. The average Bonchev–Trinajstić information content (AvgIpc) is 3.25. The van der Waals surface area contributed by atoms with Gasteiger partial charge in [0.1, 0.15) is 17.6 Å². The number of amides is 1. The van der Waals surface area contributed by atoms with Crippen LogP contribution in [-0.2, 0) is 16.6 Å². The molecule has 0 aliphatic rings. The summed E-state index contributed by atoms with van der Waals surface area (Å²) in [6, 6.07) is 15.8. The van der Waals surface area contributed by atoms with Gasteiger partial charge < -0.3 is 19.4 Å². The highest BCUT2D eigenvalue weighted by molar-refractivity contribution is 5.91. The summed E-state index contributed by atoms with van der Waals surface area (Å²) >= 11 is 0. The molecule has 168 valence electrons. The minimum absolute atomic E-state index is 0.363. The summed E-state index contributed by atoms with van der Waals surface area (Å²) in [4.78, 5) is 29.2. The second-order valence-electron chi connectivity index (χ2n) is 7.46. The number of rotatable bonds is 11. The molecule has 0 saturated carbocycles. The summed E-state index contributed by atoms with van der Waals surface area (Å²) in [7, 11) is 1.86. The Kier molecular flexibility index (Phi) is 8.43. The van der Waals surface area contributed by atoms with Crippen LogP contribution in [-0.4, -0.2) is 34.6 Å². The third-order valence-corrected chi connectivity index (χ3v) is 5.00. The van der Waals surface area contributed by atoms with Crippen LogP contribution in [0, 0.1) is 0 Å². The standard InChI is InChI=1S/C25H29N3O4/c1-3-4-8-17-31-21-13-11-20(12-14-21)25(30)32-18-22(29)27-23(19-9-6-5-7-10-19)24-26-15-16-28(24)2/h5-7,9-16,23H,3-4,8,17-18H2,1-2H3,(H,27,29).